The molecular formula is C32H51NO4. The maximum atomic E-state index is 12.8. The van der Waals surface area contributed by atoms with E-state index < -0.39 is 5.60 Å². The molecule has 4 aliphatic carbocycles. The number of carbonyl (C=O) groups excluding carboxylic acids is 3. The fourth-order valence-electron chi connectivity index (χ4n) is 8.80. The Balaban J connectivity index is 0.000000364. The zero-order valence-corrected chi connectivity index (χ0v) is 25.1. The number of hydrogen-bond acceptors (Lipinski definition) is 5. The van der Waals surface area contributed by atoms with E-state index >= 15 is 0 Å². The van der Waals surface area contributed by atoms with Crippen molar-refractivity contribution in [3.05, 3.63) is 23.3 Å². The zero-order chi connectivity index (χ0) is 27.9. The quantitative estimate of drug-likeness (QED) is 0.383. The summed E-state index contributed by atoms with van der Waals surface area (Å²) in [6, 6.07) is 1.38. The highest BCUT2D eigenvalue weighted by Gasteiger charge is 2.67. The van der Waals surface area contributed by atoms with Gasteiger partial charge in [-0.3, -0.25) is 19.3 Å². The summed E-state index contributed by atoms with van der Waals surface area (Å²) in [7, 11) is 0. The summed E-state index contributed by atoms with van der Waals surface area (Å²) >= 11 is 0. The molecule has 0 radical (unpaired) electrons. The Bertz CT molecular complexity index is 969. The van der Waals surface area contributed by atoms with E-state index in [0.717, 1.165) is 32.2 Å². The molecule has 5 nitrogen and oxygen atoms in total. The van der Waals surface area contributed by atoms with Gasteiger partial charge in [0.1, 0.15) is 0 Å². The lowest BCUT2D eigenvalue weighted by molar-refractivity contribution is -0.185. The third-order valence-electron chi connectivity index (χ3n) is 10.5. The molecule has 37 heavy (non-hydrogen) atoms. The number of Topliss-reactive ketones (excluding diaryl/α,β-unsaturated/α-hetero) is 1. The van der Waals surface area contributed by atoms with Gasteiger partial charge in [0.2, 0.25) is 0 Å². The second-order valence-electron chi connectivity index (χ2n) is 13.1. The van der Waals surface area contributed by atoms with Crippen molar-refractivity contribution in [2.75, 3.05) is 6.54 Å². The van der Waals surface area contributed by atoms with Crippen LogP contribution in [0.1, 0.15) is 108 Å². The average molecular weight is 514 g/mol. The molecule has 0 aliphatic heterocycles. The monoisotopic (exact) mass is 513 g/mol. The van der Waals surface area contributed by atoms with Crippen molar-refractivity contribution < 1.29 is 19.1 Å². The predicted octanol–water partition coefficient (Wildman–Crippen LogP) is 6.70. The summed E-state index contributed by atoms with van der Waals surface area (Å²) < 4.78 is 5.82. The number of allylic oxidation sites excluding steroid dienone is 4. The van der Waals surface area contributed by atoms with Gasteiger partial charge in [-0.15, -0.1) is 0 Å². The molecule has 0 unspecified atom stereocenters. The van der Waals surface area contributed by atoms with Gasteiger partial charge >= 0.3 is 5.97 Å². The predicted molar refractivity (Wildman–Crippen MR) is 149 cm³/mol. The molecule has 0 heterocycles. The van der Waals surface area contributed by atoms with Gasteiger partial charge in [-0.2, -0.15) is 0 Å². The Kier molecular flexibility index (Phi) is 8.69. The van der Waals surface area contributed by atoms with Crippen LogP contribution in [0.3, 0.4) is 0 Å². The topological polar surface area (TPSA) is 63.7 Å². The lowest BCUT2D eigenvalue weighted by Crippen LogP contribution is -2.58. The molecule has 4 aliphatic rings. The van der Waals surface area contributed by atoms with Gasteiger partial charge in [0.05, 0.1) is 0 Å². The summed E-state index contributed by atoms with van der Waals surface area (Å²) in [5.74, 6) is 1.03. The molecule has 6 atom stereocenters. The van der Waals surface area contributed by atoms with Crippen molar-refractivity contribution in [3.8, 4) is 0 Å². The smallest absolute Gasteiger partial charge is 0.303 e. The van der Waals surface area contributed by atoms with Gasteiger partial charge < -0.3 is 4.74 Å². The second kappa shape index (κ2) is 10.8. The van der Waals surface area contributed by atoms with Crippen molar-refractivity contribution in [2.24, 2.45) is 28.6 Å². The Labute approximate surface area is 225 Å². The number of ketones is 2. The molecule has 0 aromatic carbocycles. The zero-order valence-electron chi connectivity index (χ0n) is 25.1. The van der Waals surface area contributed by atoms with Gasteiger partial charge in [0, 0.05) is 30.8 Å². The molecule has 0 spiro atoms. The normalized spacial score (nSPS) is 36.7. The summed E-state index contributed by atoms with van der Waals surface area (Å²) in [6.07, 6.45) is 9.20. The minimum Gasteiger partial charge on any atom is -0.451 e. The minimum absolute atomic E-state index is 0.0160. The maximum Gasteiger partial charge on any atom is 0.303 e. The van der Waals surface area contributed by atoms with Crippen molar-refractivity contribution in [3.63, 3.8) is 0 Å². The average Bonchev–Trinajstić information content (AvgIpc) is 3.08. The Hall–Kier alpha value is -1.75. The van der Waals surface area contributed by atoms with Crippen LogP contribution in [0, 0.1) is 28.6 Å². The standard InChI is InChI=1S/C24H32O4.C8H19N/c1-14-12-18-19(22(4)9-6-17(27)13-21(14)22)7-10-23(5)20(18)8-11-24(23,15(2)25)28-16(3)26;1-6-9(7(2)3)8(4)5/h12-13,18-20H,6-11H2,1-5H3;7-8H,6H2,1-5H3/t18-,19+,20+,22-,23+,24+;/m1./s1. The number of esters is 1. The van der Waals surface area contributed by atoms with Crippen LogP contribution in [0.15, 0.2) is 23.3 Å². The summed E-state index contributed by atoms with van der Waals surface area (Å²) in [5.41, 5.74) is 1.15. The van der Waals surface area contributed by atoms with Crippen LogP contribution in [-0.2, 0) is 19.1 Å². The highest BCUT2D eigenvalue weighted by Crippen LogP contribution is 2.67. The van der Waals surface area contributed by atoms with Gasteiger partial charge in [-0.1, -0.05) is 32.4 Å². The van der Waals surface area contributed by atoms with E-state index in [4.69, 9.17) is 4.74 Å². The Morgan fingerprint density at radius 2 is 1.62 bits per heavy atom. The molecule has 0 aromatic rings. The Morgan fingerprint density at radius 3 is 2.11 bits per heavy atom. The summed E-state index contributed by atoms with van der Waals surface area (Å²) in [6.45, 7) is 22.0. The largest absolute Gasteiger partial charge is 0.451 e. The van der Waals surface area contributed by atoms with Gasteiger partial charge in [0.15, 0.2) is 17.2 Å². The van der Waals surface area contributed by atoms with Crippen LogP contribution in [0.4, 0.5) is 0 Å². The van der Waals surface area contributed by atoms with Crippen LogP contribution < -0.4 is 0 Å². The number of carbonyl (C=O) groups is 3. The number of nitrogens with zero attached hydrogens (tertiary/aromatic N) is 1. The highest BCUT2D eigenvalue weighted by atomic mass is 16.6. The van der Waals surface area contributed by atoms with E-state index in [0.29, 0.717) is 42.7 Å². The lowest BCUT2D eigenvalue weighted by atomic mass is 9.47. The molecule has 2 fully saturated rings. The highest BCUT2D eigenvalue weighted by molar-refractivity contribution is 5.92. The van der Waals surface area contributed by atoms with Gasteiger partial charge in [-0.05, 0) is 115 Å². The number of ether oxygens (including phenoxy) is 1. The molecule has 2 saturated carbocycles. The molecule has 0 amide bonds. The number of rotatable bonds is 5. The molecule has 0 bridgehead atoms. The van der Waals surface area contributed by atoms with Crippen LogP contribution >= 0.6 is 0 Å². The molecule has 5 heteroatoms. The van der Waals surface area contributed by atoms with Crippen LogP contribution in [0.2, 0.25) is 0 Å². The third kappa shape index (κ3) is 5.02. The first kappa shape index (κ1) is 29.8. The van der Waals surface area contributed by atoms with Gasteiger partial charge in [-0.25, -0.2) is 0 Å². The van der Waals surface area contributed by atoms with Crippen molar-refractivity contribution >= 4 is 17.5 Å². The number of hydrogen-bond donors (Lipinski definition) is 0. The fraction of sp³-hybridized carbons (Fsp3) is 0.781. The molecule has 0 aromatic heterocycles. The van der Waals surface area contributed by atoms with E-state index in [1.165, 1.54) is 18.1 Å². The summed E-state index contributed by atoms with van der Waals surface area (Å²) in [5, 5.41) is 0. The van der Waals surface area contributed by atoms with E-state index in [9.17, 15) is 14.4 Å². The molecular weight excluding hydrogens is 462 g/mol. The van der Waals surface area contributed by atoms with Crippen molar-refractivity contribution in [1.82, 2.24) is 4.90 Å². The molecule has 4 rings (SSSR count). The van der Waals surface area contributed by atoms with E-state index in [1.54, 1.807) is 6.92 Å². The first-order valence-electron chi connectivity index (χ1n) is 14.5. The van der Waals surface area contributed by atoms with E-state index in [-0.39, 0.29) is 28.4 Å². The fourth-order valence-corrected chi connectivity index (χ4v) is 8.80. The Morgan fingerprint density at radius 1 is 1.03 bits per heavy atom. The SMILES string of the molecule is CC(=O)O[C@]1(C(C)=O)CC[C@H]2[C@@H]3C=C(C)C4=CC(=O)CC[C@]4(C)[C@H]3CC[C@@]21C.CCN(C(C)C)C(C)C. The first-order chi connectivity index (χ1) is 17.1. The van der Waals surface area contributed by atoms with Crippen LogP contribution in [0.5, 0.6) is 0 Å². The second-order valence-corrected chi connectivity index (χ2v) is 13.1. The van der Waals surface area contributed by atoms with Crippen LogP contribution in [0.25, 0.3) is 0 Å². The van der Waals surface area contributed by atoms with E-state index in [2.05, 4.69) is 66.4 Å². The third-order valence-corrected chi connectivity index (χ3v) is 10.5. The summed E-state index contributed by atoms with van der Waals surface area (Å²) in [4.78, 5) is 39.2. The molecule has 0 N–H and O–H groups in total. The van der Waals surface area contributed by atoms with E-state index in [1.807, 2.05) is 6.08 Å². The molecule has 208 valence electrons. The van der Waals surface area contributed by atoms with Crippen molar-refractivity contribution in [2.45, 2.75) is 125 Å². The lowest BCUT2D eigenvalue weighted by Gasteiger charge is -2.58. The van der Waals surface area contributed by atoms with Crippen LogP contribution in [-0.4, -0.2) is 46.7 Å². The van der Waals surface area contributed by atoms with Crippen molar-refractivity contribution in [1.29, 1.82) is 0 Å². The number of fused-ring (bicyclic) bond motifs is 5. The molecule has 0 saturated heterocycles. The maximum absolute atomic E-state index is 12.8. The first-order valence-corrected chi connectivity index (χ1v) is 14.5. The van der Waals surface area contributed by atoms with Gasteiger partial charge in [0.25, 0.3) is 0 Å². The minimum atomic E-state index is -0.990.